The first kappa shape index (κ1) is 11.6. The maximum Gasteiger partial charge on any atom is 0.0946 e. The van der Waals surface area contributed by atoms with Crippen LogP contribution >= 0.6 is 0 Å². The highest BCUT2D eigenvalue weighted by Crippen LogP contribution is 2.15. The molecule has 4 heteroatoms. The Morgan fingerprint density at radius 1 is 1.56 bits per heavy atom. The summed E-state index contributed by atoms with van der Waals surface area (Å²) < 4.78 is 7.76. The fraction of sp³-hybridized carbons (Fsp3) is 0.750. The van der Waals surface area contributed by atoms with Crippen LogP contribution in [-0.2, 0) is 11.3 Å². The second-order valence-electron chi connectivity index (χ2n) is 4.38. The topological polar surface area (TPSA) is 39.1 Å². The molecule has 0 saturated carbocycles. The van der Waals surface area contributed by atoms with E-state index in [0.29, 0.717) is 12.1 Å². The largest absolute Gasteiger partial charge is 0.378 e. The van der Waals surface area contributed by atoms with Crippen LogP contribution in [0.5, 0.6) is 0 Å². The SMILES string of the molecule is CCC1CC(NCCn2ccnc2)CCO1. The third kappa shape index (κ3) is 3.32. The molecule has 1 saturated heterocycles. The summed E-state index contributed by atoms with van der Waals surface area (Å²) in [6.45, 7) is 5.10. The van der Waals surface area contributed by atoms with E-state index in [1.165, 1.54) is 0 Å². The lowest BCUT2D eigenvalue weighted by atomic mass is 10.0. The minimum Gasteiger partial charge on any atom is -0.378 e. The number of rotatable bonds is 5. The Balaban J connectivity index is 1.65. The smallest absolute Gasteiger partial charge is 0.0946 e. The predicted octanol–water partition coefficient (Wildman–Crippen LogP) is 1.43. The van der Waals surface area contributed by atoms with E-state index in [1.807, 2.05) is 18.7 Å². The van der Waals surface area contributed by atoms with Crippen LogP contribution in [0, 0.1) is 0 Å². The predicted molar refractivity (Wildman–Crippen MR) is 63.3 cm³/mol. The van der Waals surface area contributed by atoms with E-state index in [0.717, 1.165) is 39.0 Å². The number of imidazole rings is 1. The van der Waals surface area contributed by atoms with E-state index in [2.05, 4.69) is 21.8 Å². The van der Waals surface area contributed by atoms with Gasteiger partial charge in [0, 0.05) is 38.1 Å². The van der Waals surface area contributed by atoms with E-state index in [4.69, 9.17) is 4.74 Å². The third-order valence-corrected chi connectivity index (χ3v) is 3.18. The average molecular weight is 223 g/mol. The van der Waals surface area contributed by atoms with Crippen molar-refractivity contribution in [1.29, 1.82) is 0 Å². The van der Waals surface area contributed by atoms with Gasteiger partial charge in [-0.3, -0.25) is 0 Å². The molecule has 4 nitrogen and oxygen atoms in total. The van der Waals surface area contributed by atoms with Crippen LogP contribution in [0.1, 0.15) is 26.2 Å². The average Bonchev–Trinajstić information content (AvgIpc) is 2.82. The first-order valence-electron chi connectivity index (χ1n) is 6.19. The molecule has 0 radical (unpaired) electrons. The molecule has 2 unspecified atom stereocenters. The van der Waals surface area contributed by atoms with Gasteiger partial charge in [-0.05, 0) is 19.3 Å². The highest BCUT2D eigenvalue weighted by molar-refractivity contribution is 4.78. The molecule has 0 aromatic carbocycles. The normalized spacial score (nSPS) is 25.8. The second kappa shape index (κ2) is 6.01. The first-order chi connectivity index (χ1) is 7.88. The zero-order chi connectivity index (χ0) is 11.2. The molecule has 0 aliphatic carbocycles. The molecule has 1 aromatic rings. The Labute approximate surface area is 97.0 Å². The lowest BCUT2D eigenvalue weighted by molar-refractivity contribution is -0.0000667. The van der Waals surface area contributed by atoms with Crippen molar-refractivity contribution in [3.8, 4) is 0 Å². The summed E-state index contributed by atoms with van der Waals surface area (Å²) in [5.41, 5.74) is 0. The van der Waals surface area contributed by atoms with Gasteiger partial charge in [-0.2, -0.15) is 0 Å². The lowest BCUT2D eigenvalue weighted by Gasteiger charge is -2.29. The van der Waals surface area contributed by atoms with Crippen LogP contribution in [-0.4, -0.2) is 34.8 Å². The maximum absolute atomic E-state index is 5.65. The fourth-order valence-electron chi connectivity index (χ4n) is 2.17. The van der Waals surface area contributed by atoms with Gasteiger partial charge in [0.25, 0.3) is 0 Å². The van der Waals surface area contributed by atoms with Crippen molar-refractivity contribution in [1.82, 2.24) is 14.9 Å². The maximum atomic E-state index is 5.65. The molecule has 0 spiro atoms. The first-order valence-corrected chi connectivity index (χ1v) is 6.19. The second-order valence-corrected chi connectivity index (χ2v) is 4.38. The molecule has 1 fully saturated rings. The molecule has 2 rings (SSSR count). The third-order valence-electron chi connectivity index (χ3n) is 3.18. The zero-order valence-electron chi connectivity index (χ0n) is 9.93. The highest BCUT2D eigenvalue weighted by atomic mass is 16.5. The van der Waals surface area contributed by atoms with Gasteiger partial charge in [-0.1, -0.05) is 6.92 Å². The number of aromatic nitrogens is 2. The number of nitrogens with one attached hydrogen (secondary N) is 1. The van der Waals surface area contributed by atoms with E-state index in [-0.39, 0.29) is 0 Å². The number of hydrogen-bond acceptors (Lipinski definition) is 3. The quantitative estimate of drug-likeness (QED) is 0.820. The summed E-state index contributed by atoms with van der Waals surface area (Å²) in [7, 11) is 0. The number of nitrogens with zero attached hydrogens (tertiary/aromatic N) is 2. The molecule has 1 aliphatic heterocycles. The van der Waals surface area contributed by atoms with Crippen molar-refractivity contribution in [2.24, 2.45) is 0 Å². The van der Waals surface area contributed by atoms with Gasteiger partial charge in [0.1, 0.15) is 0 Å². The molecule has 1 N–H and O–H groups in total. The van der Waals surface area contributed by atoms with Crippen LogP contribution in [0.4, 0.5) is 0 Å². The summed E-state index contributed by atoms with van der Waals surface area (Å²) in [4.78, 5) is 4.03. The van der Waals surface area contributed by atoms with Crippen LogP contribution < -0.4 is 5.32 Å². The summed E-state index contributed by atoms with van der Waals surface area (Å²) in [6, 6.07) is 0.627. The van der Waals surface area contributed by atoms with E-state index >= 15 is 0 Å². The molecule has 16 heavy (non-hydrogen) atoms. The van der Waals surface area contributed by atoms with Crippen molar-refractivity contribution in [2.75, 3.05) is 13.2 Å². The summed E-state index contributed by atoms with van der Waals surface area (Å²) in [5, 5.41) is 3.60. The molecule has 0 amide bonds. The highest BCUT2D eigenvalue weighted by Gasteiger charge is 2.20. The van der Waals surface area contributed by atoms with Crippen molar-refractivity contribution in [3.05, 3.63) is 18.7 Å². The van der Waals surface area contributed by atoms with E-state index < -0.39 is 0 Å². The van der Waals surface area contributed by atoms with Crippen LogP contribution in [0.25, 0.3) is 0 Å². The Morgan fingerprint density at radius 3 is 3.25 bits per heavy atom. The Kier molecular flexibility index (Phi) is 4.36. The fourth-order valence-corrected chi connectivity index (χ4v) is 2.17. The molecule has 1 aliphatic rings. The Bertz CT molecular complexity index is 286. The van der Waals surface area contributed by atoms with Crippen molar-refractivity contribution < 1.29 is 4.74 Å². The van der Waals surface area contributed by atoms with E-state index in [1.54, 1.807) is 0 Å². The number of hydrogen-bond donors (Lipinski definition) is 1. The zero-order valence-corrected chi connectivity index (χ0v) is 9.93. The van der Waals surface area contributed by atoms with Gasteiger partial charge in [0.05, 0.1) is 12.4 Å². The van der Waals surface area contributed by atoms with Crippen molar-refractivity contribution in [3.63, 3.8) is 0 Å². The number of ether oxygens (including phenoxy) is 1. The Hall–Kier alpha value is -0.870. The lowest BCUT2D eigenvalue weighted by Crippen LogP contribution is -2.40. The molecular weight excluding hydrogens is 202 g/mol. The molecule has 2 atom stereocenters. The molecular formula is C12H21N3O. The van der Waals surface area contributed by atoms with Crippen LogP contribution in [0.3, 0.4) is 0 Å². The molecule has 2 heterocycles. The van der Waals surface area contributed by atoms with E-state index in [9.17, 15) is 0 Å². The summed E-state index contributed by atoms with van der Waals surface area (Å²) in [6.07, 6.45) is 9.56. The summed E-state index contributed by atoms with van der Waals surface area (Å²) >= 11 is 0. The van der Waals surface area contributed by atoms with Gasteiger partial charge < -0.3 is 14.6 Å². The van der Waals surface area contributed by atoms with Gasteiger partial charge >= 0.3 is 0 Å². The molecule has 90 valence electrons. The summed E-state index contributed by atoms with van der Waals surface area (Å²) in [5.74, 6) is 0. The van der Waals surface area contributed by atoms with Gasteiger partial charge in [-0.15, -0.1) is 0 Å². The van der Waals surface area contributed by atoms with Gasteiger partial charge in [0.15, 0.2) is 0 Å². The molecule has 1 aromatic heterocycles. The van der Waals surface area contributed by atoms with Gasteiger partial charge in [0.2, 0.25) is 0 Å². The van der Waals surface area contributed by atoms with Gasteiger partial charge in [-0.25, -0.2) is 4.98 Å². The Morgan fingerprint density at radius 2 is 2.50 bits per heavy atom. The van der Waals surface area contributed by atoms with Crippen molar-refractivity contribution >= 4 is 0 Å². The van der Waals surface area contributed by atoms with Crippen molar-refractivity contribution in [2.45, 2.75) is 44.9 Å². The minimum absolute atomic E-state index is 0.458. The monoisotopic (exact) mass is 223 g/mol. The molecule has 0 bridgehead atoms. The standard InChI is InChI=1S/C12H21N3O/c1-2-12-9-11(3-8-16-12)14-5-7-15-6-4-13-10-15/h4,6,10-12,14H,2-3,5,7-9H2,1H3. The van der Waals surface area contributed by atoms with Crippen LogP contribution in [0.2, 0.25) is 0 Å². The minimum atomic E-state index is 0.458. The van der Waals surface area contributed by atoms with Crippen LogP contribution in [0.15, 0.2) is 18.7 Å².